The van der Waals surface area contributed by atoms with Gasteiger partial charge < -0.3 is 0 Å². The van der Waals surface area contributed by atoms with Gasteiger partial charge in [0.1, 0.15) is 11.4 Å². The summed E-state index contributed by atoms with van der Waals surface area (Å²) in [5, 5.41) is 7.25. The zero-order valence-electron chi connectivity index (χ0n) is 7.01. The third-order valence-electron chi connectivity index (χ3n) is 1.08. The van der Waals surface area contributed by atoms with Crippen molar-refractivity contribution in [3.63, 3.8) is 0 Å². The third-order valence-corrected chi connectivity index (χ3v) is 1.08. The zero-order valence-corrected chi connectivity index (χ0v) is 7.01. The van der Waals surface area contributed by atoms with E-state index >= 15 is 0 Å². The van der Waals surface area contributed by atoms with Crippen molar-refractivity contribution >= 4 is 0 Å². The van der Waals surface area contributed by atoms with Gasteiger partial charge in [0.15, 0.2) is 0 Å². The standard InChI is InChI=1S/C5H8N2O.C2H6/c1-3-5-4(2)6-8-7-5;1-2/h3H2,1-2H3;1-2H3. The minimum Gasteiger partial charge on any atom is -0.244 e. The van der Waals surface area contributed by atoms with Crippen LogP contribution in [0.2, 0.25) is 0 Å². The monoisotopic (exact) mass is 142 g/mol. The molecule has 0 saturated heterocycles. The van der Waals surface area contributed by atoms with Gasteiger partial charge in [0, 0.05) is 0 Å². The van der Waals surface area contributed by atoms with E-state index in [2.05, 4.69) is 14.9 Å². The second-order valence-electron chi connectivity index (χ2n) is 1.65. The maximum Gasteiger partial charge on any atom is 0.107 e. The molecule has 1 aromatic rings. The highest BCUT2D eigenvalue weighted by molar-refractivity contribution is 5.03. The summed E-state index contributed by atoms with van der Waals surface area (Å²) in [5.41, 5.74) is 1.84. The Balaban J connectivity index is 0.000000371. The molecule has 0 spiro atoms. The van der Waals surface area contributed by atoms with Crippen LogP contribution in [0.15, 0.2) is 4.63 Å². The predicted molar refractivity (Wildman–Crippen MR) is 39.8 cm³/mol. The summed E-state index contributed by atoms with van der Waals surface area (Å²) in [7, 11) is 0. The topological polar surface area (TPSA) is 38.9 Å². The molecule has 0 unspecified atom stereocenters. The predicted octanol–water partition coefficient (Wildman–Crippen LogP) is 1.97. The number of aromatic nitrogens is 2. The number of hydrogen-bond donors (Lipinski definition) is 0. The highest BCUT2D eigenvalue weighted by Gasteiger charge is 1.98. The Bertz CT molecular complexity index is 172. The van der Waals surface area contributed by atoms with Gasteiger partial charge in [-0.25, -0.2) is 4.63 Å². The van der Waals surface area contributed by atoms with E-state index in [0.29, 0.717) is 0 Å². The fourth-order valence-electron chi connectivity index (χ4n) is 0.570. The van der Waals surface area contributed by atoms with Crippen molar-refractivity contribution in [2.24, 2.45) is 0 Å². The number of rotatable bonds is 1. The molecule has 1 rings (SSSR count). The summed E-state index contributed by atoms with van der Waals surface area (Å²) in [6.45, 7) is 7.90. The smallest absolute Gasteiger partial charge is 0.107 e. The molecule has 10 heavy (non-hydrogen) atoms. The fraction of sp³-hybridized carbons (Fsp3) is 0.714. The van der Waals surface area contributed by atoms with Crippen molar-refractivity contribution in [2.45, 2.75) is 34.1 Å². The van der Waals surface area contributed by atoms with Gasteiger partial charge in [-0.15, -0.1) is 0 Å². The Morgan fingerprint density at radius 1 is 1.30 bits per heavy atom. The van der Waals surface area contributed by atoms with E-state index in [1.807, 2.05) is 27.7 Å². The molecule has 0 aromatic carbocycles. The van der Waals surface area contributed by atoms with E-state index in [1.54, 1.807) is 0 Å². The average molecular weight is 142 g/mol. The van der Waals surface area contributed by atoms with Crippen molar-refractivity contribution in [2.75, 3.05) is 0 Å². The second-order valence-corrected chi connectivity index (χ2v) is 1.65. The van der Waals surface area contributed by atoms with Gasteiger partial charge in [0.25, 0.3) is 0 Å². The molecule has 0 aliphatic rings. The van der Waals surface area contributed by atoms with Crippen molar-refractivity contribution in [1.29, 1.82) is 0 Å². The maximum absolute atomic E-state index is 4.44. The van der Waals surface area contributed by atoms with Gasteiger partial charge in [0.2, 0.25) is 0 Å². The van der Waals surface area contributed by atoms with E-state index < -0.39 is 0 Å². The molecular weight excluding hydrogens is 128 g/mol. The van der Waals surface area contributed by atoms with Crippen molar-refractivity contribution in [3.05, 3.63) is 11.4 Å². The van der Waals surface area contributed by atoms with E-state index in [-0.39, 0.29) is 0 Å². The van der Waals surface area contributed by atoms with Crippen molar-refractivity contribution < 1.29 is 4.63 Å². The Morgan fingerprint density at radius 2 is 1.90 bits per heavy atom. The molecule has 0 fully saturated rings. The first-order valence-electron chi connectivity index (χ1n) is 3.62. The van der Waals surface area contributed by atoms with Crippen LogP contribution in [0.25, 0.3) is 0 Å². The SMILES string of the molecule is CC.CCc1nonc1C. The lowest BCUT2D eigenvalue weighted by atomic mass is 10.3. The molecule has 0 aliphatic carbocycles. The lowest BCUT2D eigenvalue weighted by Gasteiger charge is -1.80. The molecule has 0 atom stereocenters. The molecule has 0 aliphatic heterocycles. The van der Waals surface area contributed by atoms with Crippen LogP contribution in [0.4, 0.5) is 0 Å². The van der Waals surface area contributed by atoms with Gasteiger partial charge in [-0.3, -0.25) is 0 Å². The first-order chi connectivity index (χ1) is 4.84. The lowest BCUT2D eigenvalue weighted by Crippen LogP contribution is -1.81. The molecule has 0 saturated carbocycles. The molecule has 1 aromatic heterocycles. The molecule has 3 nitrogen and oxygen atoms in total. The molecular formula is C7H14N2O. The highest BCUT2D eigenvalue weighted by Crippen LogP contribution is 1.98. The quantitative estimate of drug-likeness (QED) is 0.601. The van der Waals surface area contributed by atoms with E-state index in [1.165, 1.54) is 0 Å². The van der Waals surface area contributed by atoms with Crippen molar-refractivity contribution in [3.8, 4) is 0 Å². The minimum atomic E-state index is 0.896. The van der Waals surface area contributed by atoms with Gasteiger partial charge in [-0.2, -0.15) is 0 Å². The van der Waals surface area contributed by atoms with E-state index in [9.17, 15) is 0 Å². The van der Waals surface area contributed by atoms with Gasteiger partial charge in [0.05, 0.1) is 0 Å². The van der Waals surface area contributed by atoms with Gasteiger partial charge in [-0.05, 0) is 13.3 Å². The lowest BCUT2D eigenvalue weighted by molar-refractivity contribution is 0.301. The zero-order chi connectivity index (χ0) is 7.98. The molecule has 0 N–H and O–H groups in total. The molecule has 58 valence electrons. The maximum atomic E-state index is 4.44. The van der Waals surface area contributed by atoms with Crippen LogP contribution in [-0.4, -0.2) is 10.3 Å². The Morgan fingerprint density at radius 3 is 2.10 bits per heavy atom. The van der Waals surface area contributed by atoms with E-state index in [4.69, 9.17) is 0 Å². The highest BCUT2D eigenvalue weighted by atomic mass is 16.6. The van der Waals surface area contributed by atoms with Gasteiger partial charge in [-0.1, -0.05) is 31.1 Å². The summed E-state index contributed by atoms with van der Waals surface area (Å²) in [6.07, 6.45) is 0.898. The molecule has 3 heteroatoms. The summed E-state index contributed by atoms with van der Waals surface area (Å²) in [4.78, 5) is 0. The molecule has 0 amide bonds. The number of nitrogens with zero attached hydrogens (tertiary/aromatic N) is 2. The van der Waals surface area contributed by atoms with Crippen LogP contribution in [0, 0.1) is 6.92 Å². The molecule has 0 bridgehead atoms. The first kappa shape index (κ1) is 9.14. The van der Waals surface area contributed by atoms with Crippen LogP contribution in [0.1, 0.15) is 32.2 Å². The van der Waals surface area contributed by atoms with Crippen LogP contribution in [0.5, 0.6) is 0 Å². The second kappa shape index (κ2) is 4.97. The normalized spacial score (nSPS) is 8.40. The fourth-order valence-corrected chi connectivity index (χ4v) is 0.570. The number of hydrogen-bond acceptors (Lipinski definition) is 3. The van der Waals surface area contributed by atoms with Crippen LogP contribution in [-0.2, 0) is 6.42 Å². The first-order valence-corrected chi connectivity index (χ1v) is 3.62. The minimum absolute atomic E-state index is 0.896. The largest absolute Gasteiger partial charge is 0.244 e. The third kappa shape index (κ3) is 2.17. The van der Waals surface area contributed by atoms with Crippen molar-refractivity contribution in [1.82, 2.24) is 10.3 Å². The van der Waals surface area contributed by atoms with Crippen LogP contribution >= 0.6 is 0 Å². The average Bonchev–Trinajstić information content (AvgIpc) is 2.39. The molecule has 0 radical (unpaired) electrons. The van der Waals surface area contributed by atoms with Gasteiger partial charge >= 0.3 is 0 Å². The number of aryl methyl sites for hydroxylation is 2. The van der Waals surface area contributed by atoms with Crippen LogP contribution in [0.3, 0.4) is 0 Å². The Hall–Kier alpha value is -0.860. The van der Waals surface area contributed by atoms with Crippen LogP contribution < -0.4 is 0 Å². The summed E-state index contributed by atoms with van der Waals surface area (Å²) in [6, 6.07) is 0. The summed E-state index contributed by atoms with van der Waals surface area (Å²) < 4.78 is 4.44. The van der Waals surface area contributed by atoms with E-state index in [0.717, 1.165) is 17.8 Å². The Labute approximate surface area is 61.4 Å². The molecule has 1 heterocycles. The summed E-state index contributed by atoms with van der Waals surface area (Å²) >= 11 is 0. The summed E-state index contributed by atoms with van der Waals surface area (Å²) in [5.74, 6) is 0. The Kier molecular flexibility index (Phi) is 4.54.